The largest absolute Gasteiger partial charge is 0.497 e. The highest BCUT2D eigenvalue weighted by Gasteiger charge is 2.29. The average molecular weight is 263 g/mol. The van der Waals surface area contributed by atoms with Crippen LogP contribution >= 0.6 is 0 Å². The lowest BCUT2D eigenvalue weighted by Gasteiger charge is -2.45. The van der Waals surface area contributed by atoms with Crippen molar-refractivity contribution in [3.63, 3.8) is 0 Å². The van der Waals surface area contributed by atoms with Crippen LogP contribution in [0.25, 0.3) is 0 Å². The molecule has 1 aliphatic heterocycles. The summed E-state index contributed by atoms with van der Waals surface area (Å²) in [6.07, 6.45) is 1.04. The Kier molecular flexibility index (Phi) is 4.66. The molecule has 0 spiro atoms. The number of nitrogens with zero attached hydrogens (tertiary/aromatic N) is 2. The van der Waals surface area contributed by atoms with Gasteiger partial charge >= 0.3 is 0 Å². The highest BCUT2D eigenvalue weighted by Crippen LogP contribution is 2.25. The highest BCUT2D eigenvalue weighted by atomic mass is 16.5. The van der Waals surface area contributed by atoms with Gasteiger partial charge in [-0.15, -0.1) is 0 Å². The molecule has 106 valence electrons. The molecule has 1 saturated heterocycles. The van der Waals surface area contributed by atoms with Crippen LogP contribution in [0.5, 0.6) is 5.75 Å². The number of hydrogen-bond acceptors (Lipinski definition) is 4. The standard InChI is InChI=1S/C15H25N3O/c1-12-10-18(11-14(7-8-16)17(12)2)13-5-4-6-15(9-13)19-3/h4-6,9,12,14H,7-8,10-11,16H2,1-3H3. The van der Waals surface area contributed by atoms with Gasteiger partial charge in [0.05, 0.1) is 7.11 Å². The summed E-state index contributed by atoms with van der Waals surface area (Å²) in [6, 6.07) is 9.36. The van der Waals surface area contributed by atoms with Gasteiger partial charge in [0, 0.05) is 36.9 Å². The number of methoxy groups -OCH3 is 1. The number of benzene rings is 1. The van der Waals surface area contributed by atoms with Crippen molar-refractivity contribution >= 4 is 5.69 Å². The van der Waals surface area contributed by atoms with E-state index in [-0.39, 0.29) is 0 Å². The third kappa shape index (κ3) is 3.19. The monoisotopic (exact) mass is 263 g/mol. The first-order valence-electron chi connectivity index (χ1n) is 6.96. The summed E-state index contributed by atoms with van der Waals surface area (Å²) in [4.78, 5) is 4.89. The fraction of sp³-hybridized carbons (Fsp3) is 0.600. The van der Waals surface area contributed by atoms with Crippen LogP contribution in [0.1, 0.15) is 13.3 Å². The van der Waals surface area contributed by atoms with Crippen molar-refractivity contribution in [2.24, 2.45) is 5.73 Å². The van der Waals surface area contributed by atoms with Crippen molar-refractivity contribution in [3.05, 3.63) is 24.3 Å². The van der Waals surface area contributed by atoms with Crippen LogP contribution in [-0.4, -0.2) is 50.8 Å². The van der Waals surface area contributed by atoms with E-state index in [0.717, 1.165) is 31.8 Å². The Bertz CT molecular complexity index is 410. The van der Waals surface area contributed by atoms with Crippen LogP contribution in [0.2, 0.25) is 0 Å². The van der Waals surface area contributed by atoms with Gasteiger partial charge in [-0.05, 0) is 39.1 Å². The van der Waals surface area contributed by atoms with Gasteiger partial charge in [-0.25, -0.2) is 0 Å². The molecule has 0 aliphatic carbocycles. The Balaban J connectivity index is 2.15. The van der Waals surface area contributed by atoms with E-state index < -0.39 is 0 Å². The van der Waals surface area contributed by atoms with Crippen molar-refractivity contribution in [1.29, 1.82) is 0 Å². The van der Waals surface area contributed by atoms with Gasteiger partial charge in [0.15, 0.2) is 0 Å². The van der Waals surface area contributed by atoms with Crippen LogP contribution < -0.4 is 15.4 Å². The van der Waals surface area contributed by atoms with E-state index >= 15 is 0 Å². The SMILES string of the molecule is COc1cccc(N2CC(C)N(C)C(CCN)C2)c1. The number of nitrogens with two attached hydrogens (primary N) is 1. The highest BCUT2D eigenvalue weighted by molar-refractivity contribution is 5.51. The summed E-state index contributed by atoms with van der Waals surface area (Å²) in [6.45, 7) is 5.10. The first-order chi connectivity index (χ1) is 9.15. The summed E-state index contributed by atoms with van der Waals surface area (Å²) in [5.41, 5.74) is 6.97. The second-order valence-electron chi connectivity index (χ2n) is 5.35. The molecule has 4 heteroatoms. The molecular formula is C15H25N3O. The van der Waals surface area contributed by atoms with Crippen molar-refractivity contribution in [2.75, 3.05) is 38.7 Å². The lowest BCUT2D eigenvalue weighted by atomic mass is 10.0. The normalized spacial score (nSPS) is 24.5. The van der Waals surface area contributed by atoms with Crippen molar-refractivity contribution in [1.82, 2.24) is 4.90 Å². The molecule has 2 N–H and O–H groups in total. The van der Waals surface area contributed by atoms with Crippen LogP contribution in [0, 0.1) is 0 Å². The predicted molar refractivity (Wildman–Crippen MR) is 79.9 cm³/mol. The van der Waals surface area contributed by atoms with Gasteiger partial charge < -0.3 is 15.4 Å². The van der Waals surface area contributed by atoms with E-state index in [2.05, 4.69) is 42.0 Å². The second kappa shape index (κ2) is 6.26. The first kappa shape index (κ1) is 14.2. The van der Waals surface area contributed by atoms with Gasteiger partial charge in [-0.3, -0.25) is 4.90 Å². The van der Waals surface area contributed by atoms with Gasteiger partial charge in [0.2, 0.25) is 0 Å². The van der Waals surface area contributed by atoms with Crippen LogP contribution in [0.15, 0.2) is 24.3 Å². The van der Waals surface area contributed by atoms with Gasteiger partial charge in [-0.1, -0.05) is 6.07 Å². The number of hydrogen-bond donors (Lipinski definition) is 1. The first-order valence-corrected chi connectivity index (χ1v) is 6.96. The molecule has 2 rings (SSSR count). The number of rotatable bonds is 4. The van der Waals surface area contributed by atoms with Crippen LogP contribution in [0.3, 0.4) is 0 Å². The molecule has 2 unspecified atom stereocenters. The Morgan fingerprint density at radius 3 is 2.84 bits per heavy atom. The molecule has 1 aromatic rings. The van der Waals surface area contributed by atoms with Crippen LogP contribution in [0.4, 0.5) is 5.69 Å². The molecule has 1 heterocycles. The van der Waals surface area contributed by atoms with E-state index in [1.54, 1.807) is 7.11 Å². The third-order valence-electron chi connectivity index (χ3n) is 4.11. The number of likely N-dealkylation sites (N-methyl/N-ethyl adjacent to an activating group) is 1. The Hall–Kier alpha value is -1.26. The van der Waals surface area contributed by atoms with E-state index in [9.17, 15) is 0 Å². The third-order valence-corrected chi connectivity index (χ3v) is 4.11. The van der Waals surface area contributed by atoms with E-state index in [4.69, 9.17) is 10.5 Å². The number of piperazine rings is 1. The van der Waals surface area contributed by atoms with E-state index in [1.165, 1.54) is 5.69 Å². The molecule has 4 nitrogen and oxygen atoms in total. The summed E-state index contributed by atoms with van der Waals surface area (Å²) in [7, 11) is 3.91. The van der Waals surface area contributed by atoms with E-state index in [0.29, 0.717) is 12.1 Å². The molecule has 1 aliphatic rings. The molecular weight excluding hydrogens is 238 g/mol. The van der Waals surface area contributed by atoms with Gasteiger partial charge in [0.25, 0.3) is 0 Å². The van der Waals surface area contributed by atoms with Gasteiger partial charge in [-0.2, -0.15) is 0 Å². The average Bonchev–Trinajstić information content (AvgIpc) is 2.44. The second-order valence-corrected chi connectivity index (χ2v) is 5.35. The maximum Gasteiger partial charge on any atom is 0.120 e. The van der Waals surface area contributed by atoms with Crippen molar-refractivity contribution < 1.29 is 4.74 Å². The lowest BCUT2D eigenvalue weighted by Crippen LogP contribution is -2.56. The molecule has 1 fully saturated rings. The zero-order valence-corrected chi connectivity index (χ0v) is 12.2. The van der Waals surface area contributed by atoms with Crippen molar-refractivity contribution in [3.8, 4) is 5.75 Å². The summed E-state index contributed by atoms with van der Waals surface area (Å²) >= 11 is 0. The fourth-order valence-electron chi connectivity index (χ4n) is 2.77. The smallest absolute Gasteiger partial charge is 0.120 e. The molecule has 0 saturated carbocycles. The van der Waals surface area contributed by atoms with Gasteiger partial charge in [0.1, 0.15) is 5.75 Å². The predicted octanol–water partition coefficient (Wildman–Crippen LogP) is 1.55. The Morgan fingerprint density at radius 2 is 2.16 bits per heavy atom. The maximum atomic E-state index is 5.73. The minimum absolute atomic E-state index is 0.528. The fourth-order valence-corrected chi connectivity index (χ4v) is 2.77. The Labute approximate surface area is 116 Å². The quantitative estimate of drug-likeness (QED) is 0.895. The number of ether oxygens (including phenoxy) is 1. The molecule has 0 aromatic heterocycles. The topological polar surface area (TPSA) is 41.7 Å². The summed E-state index contributed by atoms with van der Waals surface area (Å²) < 4.78 is 5.31. The molecule has 0 radical (unpaired) electrons. The molecule has 2 atom stereocenters. The zero-order chi connectivity index (χ0) is 13.8. The van der Waals surface area contributed by atoms with E-state index in [1.807, 2.05) is 6.07 Å². The molecule has 19 heavy (non-hydrogen) atoms. The lowest BCUT2D eigenvalue weighted by molar-refractivity contribution is 0.152. The molecule has 1 aromatic carbocycles. The minimum atomic E-state index is 0.528. The van der Waals surface area contributed by atoms with Crippen molar-refractivity contribution in [2.45, 2.75) is 25.4 Å². The molecule has 0 bridgehead atoms. The summed E-state index contributed by atoms with van der Waals surface area (Å²) in [5, 5.41) is 0. The minimum Gasteiger partial charge on any atom is -0.497 e. The summed E-state index contributed by atoms with van der Waals surface area (Å²) in [5.74, 6) is 0.916. The Morgan fingerprint density at radius 1 is 1.37 bits per heavy atom. The number of anilines is 1. The van der Waals surface area contributed by atoms with Crippen LogP contribution in [-0.2, 0) is 0 Å². The maximum absolute atomic E-state index is 5.73. The zero-order valence-electron chi connectivity index (χ0n) is 12.2. The molecule has 0 amide bonds.